The standard InChI is InChI=1S/C36H24N4/c1-3-10-24(11-4-1)32-23-33(25-12-5-2-6-13-25)39-36(38-32)26-14-9-15-27(22-26)40-21-20-30-34(40)19-18-29-28-16-7-8-17-31(28)37-35(29)30/h1-23,37H. The Morgan fingerprint density at radius 2 is 1.18 bits per heavy atom. The van der Waals surface area contributed by atoms with E-state index in [1.54, 1.807) is 0 Å². The molecule has 0 saturated heterocycles. The number of aromatic amines is 1. The first kappa shape index (κ1) is 22.5. The molecule has 0 saturated carbocycles. The summed E-state index contributed by atoms with van der Waals surface area (Å²) in [5.74, 6) is 0.705. The molecule has 8 rings (SSSR count). The Hall–Kier alpha value is -5.48. The van der Waals surface area contributed by atoms with Gasteiger partial charge in [0.25, 0.3) is 0 Å². The first-order chi connectivity index (χ1) is 19.8. The predicted molar refractivity (Wildman–Crippen MR) is 165 cm³/mol. The number of nitrogens with one attached hydrogen (secondary N) is 1. The molecule has 0 aliphatic heterocycles. The summed E-state index contributed by atoms with van der Waals surface area (Å²) < 4.78 is 2.24. The van der Waals surface area contributed by atoms with Gasteiger partial charge in [-0.2, -0.15) is 0 Å². The van der Waals surface area contributed by atoms with Crippen molar-refractivity contribution in [3.63, 3.8) is 0 Å². The van der Waals surface area contributed by atoms with Crippen LogP contribution in [-0.2, 0) is 0 Å². The first-order valence-electron chi connectivity index (χ1n) is 13.4. The maximum atomic E-state index is 5.02. The predicted octanol–water partition coefficient (Wildman–Crippen LogP) is 9.06. The van der Waals surface area contributed by atoms with Crippen LogP contribution in [0.25, 0.3) is 72.3 Å². The lowest BCUT2D eigenvalue weighted by Gasteiger charge is -2.11. The van der Waals surface area contributed by atoms with Crippen LogP contribution in [0.2, 0.25) is 0 Å². The third-order valence-corrected chi connectivity index (χ3v) is 7.60. The summed E-state index contributed by atoms with van der Waals surface area (Å²) in [6.45, 7) is 0. The van der Waals surface area contributed by atoms with Gasteiger partial charge >= 0.3 is 0 Å². The van der Waals surface area contributed by atoms with Gasteiger partial charge < -0.3 is 9.55 Å². The molecule has 188 valence electrons. The number of rotatable bonds is 4. The smallest absolute Gasteiger partial charge is 0.160 e. The van der Waals surface area contributed by atoms with Crippen LogP contribution in [-0.4, -0.2) is 19.5 Å². The van der Waals surface area contributed by atoms with Crippen molar-refractivity contribution in [2.75, 3.05) is 0 Å². The Morgan fingerprint density at radius 1 is 0.500 bits per heavy atom. The quantitative estimate of drug-likeness (QED) is 0.256. The largest absolute Gasteiger partial charge is 0.354 e. The van der Waals surface area contributed by atoms with Gasteiger partial charge in [0, 0.05) is 50.2 Å². The molecular weight excluding hydrogens is 488 g/mol. The topological polar surface area (TPSA) is 46.5 Å². The molecule has 40 heavy (non-hydrogen) atoms. The fraction of sp³-hybridized carbons (Fsp3) is 0. The zero-order chi connectivity index (χ0) is 26.5. The second-order valence-corrected chi connectivity index (χ2v) is 10.0. The number of fused-ring (bicyclic) bond motifs is 5. The van der Waals surface area contributed by atoms with Crippen molar-refractivity contribution in [3.8, 4) is 39.6 Å². The van der Waals surface area contributed by atoms with Crippen molar-refractivity contribution < 1.29 is 0 Å². The van der Waals surface area contributed by atoms with Crippen LogP contribution in [0.5, 0.6) is 0 Å². The van der Waals surface area contributed by atoms with E-state index in [4.69, 9.17) is 9.97 Å². The summed E-state index contributed by atoms with van der Waals surface area (Å²) in [5, 5.41) is 3.70. The maximum Gasteiger partial charge on any atom is 0.160 e. The van der Waals surface area contributed by atoms with Crippen molar-refractivity contribution in [1.29, 1.82) is 0 Å². The molecule has 0 aliphatic rings. The summed E-state index contributed by atoms with van der Waals surface area (Å²) in [5.41, 5.74) is 9.46. The van der Waals surface area contributed by atoms with Gasteiger partial charge in [0.05, 0.1) is 22.4 Å². The Morgan fingerprint density at radius 3 is 1.93 bits per heavy atom. The van der Waals surface area contributed by atoms with Gasteiger partial charge in [-0.25, -0.2) is 9.97 Å². The number of nitrogens with zero attached hydrogens (tertiary/aromatic N) is 3. The molecule has 1 N–H and O–H groups in total. The van der Waals surface area contributed by atoms with Crippen molar-refractivity contribution in [2.24, 2.45) is 0 Å². The van der Waals surface area contributed by atoms with E-state index in [0.29, 0.717) is 5.82 Å². The van der Waals surface area contributed by atoms with Gasteiger partial charge in [0.2, 0.25) is 0 Å². The molecule has 8 aromatic rings. The van der Waals surface area contributed by atoms with Gasteiger partial charge in [-0.05, 0) is 36.4 Å². The van der Waals surface area contributed by atoms with Crippen LogP contribution >= 0.6 is 0 Å². The Kier molecular flexibility index (Phi) is 5.10. The number of H-pyrrole nitrogens is 1. The highest BCUT2D eigenvalue weighted by molar-refractivity contribution is 6.16. The molecule has 0 bridgehead atoms. The molecule has 0 aliphatic carbocycles. The average molecular weight is 513 g/mol. The maximum absolute atomic E-state index is 5.02. The number of aromatic nitrogens is 4. The molecule has 3 heterocycles. The molecule has 4 nitrogen and oxygen atoms in total. The van der Waals surface area contributed by atoms with Gasteiger partial charge in [0.15, 0.2) is 5.82 Å². The third kappa shape index (κ3) is 3.69. The van der Waals surface area contributed by atoms with E-state index in [1.165, 1.54) is 21.7 Å². The van der Waals surface area contributed by atoms with E-state index < -0.39 is 0 Å². The van der Waals surface area contributed by atoms with Gasteiger partial charge in [0.1, 0.15) is 0 Å². The number of para-hydroxylation sites is 1. The van der Waals surface area contributed by atoms with Crippen molar-refractivity contribution in [3.05, 3.63) is 140 Å². The summed E-state index contributed by atoms with van der Waals surface area (Å²) in [4.78, 5) is 13.7. The number of benzene rings is 5. The molecular formula is C36H24N4. The monoisotopic (exact) mass is 512 g/mol. The Labute approximate surface area is 231 Å². The van der Waals surface area contributed by atoms with Gasteiger partial charge in [-0.15, -0.1) is 0 Å². The lowest BCUT2D eigenvalue weighted by atomic mass is 10.1. The number of hydrogen-bond acceptors (Lipinski definition) is 2. The van der Waals surface area contributed by atoms with E-state index in [1.807, 2.05) is 36.4 Å². The van der Waals surface area contributed by atoms with Crippen molar-refractivity contribution in [2.45, 2.75) is 0 Å². The van der Waals surface area contributed by atoms with Crippen LogP contribution in [0.15, 0.2) is 140 Å². The van der Waals surface area contributed by atoms with Crippen LogP contribution in [0, 0.1) is 0 Å². The summed E-state index contributed by atoms with van der Waals surface area (Å²) in [7, 11) is 0. The summed E-state index contributed by atoms with van der Waals surface area (Å²) in [6, 6.07) is 46.2. The second kappa shape index (κ2) is 9.07. The first-order valence-corrected chi connectivity index (χ1v) is 13.4. The van der Waals surface area contributed by atoms with Gasteiger partial charge in [-0.1, -0.05) is 97.1 Å². The molecule has 0 amide bonds. The van der Waals surface area contributed by atoms with Crippen LogP contribution in [0.3, 0.4) is 0 Å². The second-order valence-electron chi connectivity index (χ2n) is 10.0. The van der Waals surface area contributed by atoms with E-state index in [2.05, 4.69) is 113 Å². The Bertz CT molecular complexity index is 2100. The fourth-order valence-corrected chi connectivity index (χ4v) is 5.65. The highest BCUT2D eigenvalue weighted by Gasteiger charge is 2.14. The molecule has 5 aromatic carbocycles. The van der Waals surface area contributed by atoms with E-state index in [0.717, 1.165) is 44.8 Å². The highest BCUT2D eigenvalue weighted by atomic mass is 15.0. The minimum atomic E-state index is 0.705. The SMILES string of the molecule is c1ccc(-c2cc(-c3ccccc3)nc(-c3cccc(-n4ccc5c6[nH]c7ccccc7c6ccc54)c3)n2)cc1. The third-order valence-electron chi connectivity index (χ3n) is 7.60. The summed E-state index contributed by atoms with van der Waals surface area (Å²) in [6.07, 6.45) is 2.14. The molecule has 0 fully saturated rings. The molecule has 0 radical (unpaired) electrons. The normalized spacial score (nSPS) is 11.5. The lowest BCUT2D eigenvalue weighted by molar-refractivity contribution is 1.12. The fourth-order valence-electron chi connectivity index (χ4n) is 5.65. The Balaban J connectivity index is 1.27. The van der Waals surface area contributed by atoms with Crippen LogP contribution in [0.1, 0.15) is 0 Å². The van der Waals surface area contributed by atoms with Crippen molar-refractivity contribution in [1.82, 2.24) is 19.5 Å². The molecule has 0 unspecified atom stereocenters. The minimum Gasteiger partial charge on any atom is -0.354 e. The highest BCUT2D eigenvalue weighted by Crippen LogP contribution is 2.34. The van der Waals surface area contributed by atoms with Crippen LogP contribution < -0.4 is 0 Å². The van der Waals surface area contributed by atoms with Crippen molar-refractivity contribution >= 4 is 32.7 Å². The zero-order valence-electron chi connectivity index (χ0n) is 21.6. The van der Waals surface area contributed by atoms with E-state index in [-0.39, 0.29) is 0 Å². The minimum absolute atomic E-state index is 0.705. The van der Waals surface area contributed by atoms with E-state index in [9.17, 15) is 0 Å². The molecule has 3 aromatic heterocycles. The molecule has 0 spiro atoms. The average Bonchev–Trinajstić information content (AvgIpc) is 3.64. The van der Waals surface area contributed by atoms with Crippen LogP contribution in [0.4, 0.5) is 0 Å². The zero-order valence-corrected chi connectivity index (χ0v) is 21.6. The molecule has 0 atom stereocenters. The van der Waals surface area contributed by atoms with E-state index >= 15 is 0 Å². The number of hydrogen-bond donors (Lipinski definition) is 1. The lowest BCUT2D eigenvalue weighted by Crippen LogP contribution is -1.97. The van der Waals surface area contributed by atoms with Gasteiger partial charge in [-0.3, -0.25) is 0 Å². The summed E-state index contributed by atoms with van der Waals surface area (Å²) >= 11 is 0. The molecule has 4 heteroatoms.